The Balaban J connectivity index is 1.59. The third-order valence-corrected chi connectivity index (χ3v) is 4.71. The standard InChI is InChI=1S/C19H20N2O3S/c1-12-7-8-16-17(9-12)25-19(20-16)21-18(22)13(2)24-11-14-5-4-6-15(10-14)23-3/h4-10,13H,11H2,1-3H3,(H,20,21,22). The van der Waals surface area contributed by atoms with Crippen LogP contribution in [0.1, 0.15) is 18.1 Å². The van der Waals surface area contributed by atoms with Crippen LogP contribution in [-0.2, 0) is 16.1 Å². The molecule has 0 aliphatic carbocycles. The number of anilines is 1. The van der Waals surface area contributed by atoms with E-state index in [0.717, 1.165) is 21.5 Å². The molecule has 1 amide bonds. The van der Waals surface area contributed by atoms with Crippen molar-refractivity contribution in [3.05, 3.63) is 53.6 Å². The summed E-state index contributed by atoms with van der Waals surface area (Å²) in [5, 5.41) is 3.41. The molecule has 6 heteroatoms. The van der Waals surface area contributed by atoms with E-state index in [0.29, 0.717) is 11.7 Å². The second kappa shape index (κ2) is 7.63. The molecule has 1 unspecified atom stereocenters. The Morgan fingerprint density at radius 3 is 2.92 bits per heavy atom. The molecule has 130 valence electrons. The van der Waals surface area contributed by atoms with Gasteiger partial charge in [-0.25, -0.2) is 4.98 Å². The molecule has 0 aliphatic heterocycles. The van der Waals surface area contributed by atoms with Gasteiger partial charge in [-0.1, -0.05) is 29.5 Å². The van der Waals surface area contributed by atoms with Crippen LogP contribution in [0.15, 0.2) is 42.5 Å². The van der Waals surface area contributed by atoms with E-state index in [1.807, 2.05) is 43.3 Å². The Morgan fingerprint density at radius 1 is 1.28 bits per heavy atom. The van der Waals surface area contributed by atoms with E-state index in [9.17, 15) is 4.79 Å². The number of carbonyl (C=O) groups excluding carboxylic acids is 1. The highest BCUT2D eigenvalue weighted by atomic mass is 32.1. The van der Waals surface area contributed by atoms with Gasteiger partial charge in [-0.3, -0.25) is 10.1 Å². The summed E-state index contributed by atoms with van der Waals surface area (Å²) in [5.41, 5.74) is 3.01. The average molecular weight is 356 g/mol. The zero-order valence-electron chi connectivity index (χ0n) is 14.4. The topological polar surface area (TPSA) is 60.5 Å². The highest BCUT2D eigenvalue weighted by molar-refractivity contribution is 7.22. The van der Waals surface area contributed by atoms with E-state index >= 15 is 0 Å². The summed E-state index contributed by atoms with van der Waals surface area (Å²) < 4.78 is 11.9. The third kappa shape index (κ3) is 4.35. The second-order valence-electron chi connectivity index (χ2n) is 5.78. The maximum absolute atomic E-state index is 12.3. The zero-order valence-corrected chi connectivity index (χ0v) is 15.2. The van der Waals surface area contributed by atoms with Gasteiger partial charge in [-0.2, -0.15) is 0 Å². The maximum atomic E-state index is 12.3. The van der Waals surface area contributed by atoms with Crippen molar-refractivity contribution in [1.29, 1.82) is 0 Å². The SMILES string of the molecule is COc1cccc(COC(C)C(=O)Nc2nc3ccc(C)cc3s2)c1. The summed E-state index contributed by atoms with van der Waals surface area (Å²) in [7, 11) is 1.62. The number of carbonyl (C=O) groups is 1. The first kappa shape index (κ1) is 17.4. The van der Waals surface area contributed by atoms with Gasteiger partial charge in [0, 0.05) is 0 Å². The molecule has 3 aromatic rings. The zero-order chi connectivity index (χ0) is 17.8. The van der Waals surface area contributed by atoms with Crippen molar-refractivity contribution in [3.8, 4) is 5.75 Å². The molecular formula is C19H20N2O3S. The molecule has 0 saturated heterocycles. The number of nitrogens with one attached hydrogen (secondary N) is 1. The first-order valence-electron chi connectivity index (χ1n) is 7.98. The summed E-state index contributed by atoms with van der Waals surface area (Å²) in [6, 6.07) is 13.6. The molecule has 1 atom stereocenters. The monoisotopic (exact) mass is 356 g/mol. The lowest BCUT2D eigenvalue weighted by Gasteiger charge is -2.12. The van der Waals surface area contributed by atoms with Gasteiger partial charge < -0.3 is 9.47 Å². The molecule has 0 bridgehead atoms. The fourth-order valence-corrected chi connectivity index (χ4v) is 3.32. The van der Waals surface area contributed by atoms with Crippen molar-refractivity contribution < 1.29 is 14.3 Å². The Hall–Kier alpha value is -2.44. The predicted molar refractivity (Wildman–Crippen MR) is 100 cm³/mol. The number of thiazole rings is 1. The molecule has 1 heterocycles. The number of hydrogen-bond donors (Lipinski definition) is 1. The van der Waals surface area contributed by atoms with Crippen LogP contribution in [0.4, 0.5) is 5.13 Å². The minimum Gasteiger partial charge on any atom is -0.497 e. The smallest absolute Gasteiger partial charge is 0.255 e. The van der Waals surface area contributed by atoms with Crippen LogP contribution in [0.3, 0.4) is 0 Å². The summed E-state index contributed by atoms with van der Waals surface area (Å²) in [4.78, 5) is 16.7. The Morgan fingerprint density at radius 2 is 2.12 bits per heavy atom. The summed E-state index contributed by atoms with van der Waals surface area (Å²) in [6.45, 7) is 4.10. The highest BCUT2D eigenvalue weighted by Gasteiger charge is 2.16. The van der Waals surface area contributed by atoms with Crippen molar-refractivity contribution >= 4 is 32.6 Å². The van der Waals surface area contributed by atoms with E-state index in [1.54, 1.807) is 14.0 Å². The number of nitrogens with zero attached hydrogens (tertiary/aromatic N) is 1. The minimum absolute atomic E-state index is 0.210. The van der Waals surface area contributed by atoms with Crippen LogP contribution >= 0.6 is 11.3 Å². The molecule has 25 heavy (non-hydrogen) atoms. The minimum atomic E-state index is -0.583. The first-order valence-corrected chi connectivity index (χ1v) is 8.79. The largest absolute Gasteiger partial charge is 0.497 e. The van der Waals surface area contributed by atoms with E-state index < -0.39 is 6.10 Å². The molecule has 0 radical (unpaired) electrons. The van der Waals surface area contributed by atoms with Gasteiger partial charge in [-0.15, -0.1) is 0 Å². The molecule has 0 fully saturated rings. The van der Waals surface area contributed by atoms with Crippen LogP contribution in [0.2, 0.25) is 0 Å². The number of aromatic nitrogens is 1. The number of aryl methyl sites for hydroxylation is 1. The molecule has 0 spiro atoms. The summed E-state index contributed by atoms with van der Waals surface area (Å²) >= 11 is 1.46. The second-order valence-corrected chi connectivity index (χ2v) is 6.81. The number of hydrogen-bond acceptors (Lipinski definition) is 5. The number of methoxy groups -OCH3 is 1. The third-order valence-electron chi connectivity index (χ3n) is 3.78. The van der Waals surface area contributed by atoms with Crippen LogP contribution in [0, 0.1) is 6.92 Å². The molecule has 1 aromatic heterocycles. The molecule has 2 aromatic carbocycles. The van der Waals surface area contributed by atoms with Crippen LogP contribution in [-0.4, -0.2) is 24.1 Å². The predicted octanol–water partition coefficient (Wildman–Crippen LogP) is 4.16. The van der Waals surface area contributed by atoms with Gasteiger partial charge in [0.2, 0.25) is 0 Å². The molecule has 0 aliphatic rings. The average Bonchev–Trinajstić information content (AvgIpc) is 3.01. The van der Waals surface area contributed by atoms with Gasteiger partial charge in [0.25, 0.3) is 5.91 Å². The van der Waals surface area contributed by atoms with E-state index in [1.165, 1.54) is 16.9 Å². The van der Waals surface area contributed by atoms with Gasteiger partial charge in [0.1, 0.15) is 11.9 Å². The van der Waals surface area contributed by atoms with Crippen molar-refractivity contribution in [3.63, 3.8) is 0 Å². The molecule has 0 saturated carbocycles. The number of rotatable bonds is 6. The van der Waals surface area contributed by atoms with Crippen molar-refractivity contribution in [2.75, 3.05) is 12.4 Å². The number of benzene rings is 2. The molecule has 3 rings (SSSR count). The van der Waals surface area contributed by atoms with Gasteiger partial charge in [-0.05, 0) is 49.2 Å². The van der Waals surface area contributed by atoms with Crippen molar-refractivity contribution in [1.82, 2.24) is 4.98 Å². The molecular weight excluding hydrogens is 336 g/mol. The number of amides is 1. The Kier molecular flexibility index (Phi) is 5.31. The lowest BCUT2D eigenvalue weighted by Crippen LogP contribution is -2.27. The van der Waals surface area contributed by atoms with E-state index in [4.69, 9.17) is 9.47 Å². The Labute approximate surface area is 150 Å². The lowest BCUT2D eigenvalue weighted by molar-refractivity contribution is -0.127. The van der Waals surface area contributed by atoms with E-state index in [-0.39, 0.29) is 5.91 Å². The quantitative estimate of drug-likeness (QED) is 0.720. The van der Waals surface area contributed by atoms with Crippen LogP contribution < -0.4 is 10.1 Å². The van der Waals surface area contributed by atoms with E-state index in [2.05, 4.69) is 16.4 Å². The highest BCUT2D eigenvalue weighted by Crippen LogP contribution is 2.26. The van der Waals surface area contributed by atoms with Gasteiger partial charge in [0.15, 0.2) is 5.13 Å². The summed E-state index contributed by atoms with van der Waals surface area (Å²) in [6.07, 6.45) is -0.583. The molecule has 5 nitrogen and oxygen atoms in total. The van der Waals surface area contributed by atoms with Gasteiger partial charge >= 0.3 is 0 Å². The van der Waals surface area contributed by atoms with Crippen LogP contribution in [0.25, 0.3) is 10.2 Å². The molecule has 1 N–H and O–H groups in total. The fourth-order valence-electron chi connectivity index (χ4n) is 2.35. The number of ether oxygens (including phenoxy) is 2. The normalized spacial score (nSPS) is 12.1. The first-order chi connectivity index (χ1) is 12.0. The fraction of sp³-hybridized carbons (Fsp3) is 0.263. The number of fused-ring (bicyclic) bond motifs is 1. The Bertz CT molecular complexity index is 891. The van der Waals surface area contributed by atoms with Crippen molar-refractivity contribution in [2.45, 2.75) is 26.6 Å². The maximum Gasteiger partial charge on any atom is 0.255 e. The van der Waals surface area contributed by atoms with Crippen LogP contribution in [0.5, 0.6) is 5.75 Å². The van der Waals surface area contributed by atoms with Gasteiger partial charge in [0.05, 0.1) is 23.9 Å². The lowest BCUT2D eigenvalue weighted by atomic mass is 10.2. The van der Waals surface area contributed by atoms with Crippen molar-refractivity contribution in [2.24, 2.45) is 0 Å². The summed E-state index contributed by atoms with van der Waals surface area (Å²) in [5.74, 6) is 0.557.